The van der Waals surface area contributed by atoms with Crippen LogP contribution in [0.4, 0.5) is 11.8 Å². The van der Waals surface area contributed by atoms with Gasteiger partial charge in [-0.15, -0.1) is 0 Å². The Morgan fingerprint density at radius 3 is 2.65 bits per heavy atom. The second-order valence-corrected chi connectivity index (χ2v) is 7.10. The smallest absolute Gasteiger partial charge is 0.262 e. The summed E-state index contributed by atoms with van der Waals surface area (Å²) in [6.45, 7) is 4.75. The number of nitrogens with one attached hydrogen (secondary N) is 1. The topological polar surface area (TPSA) is 98.7 Å². The third-order valence-electron chi connectivity index (χ3n) is 5.14. The quantitative estimate of drug-likeness (QED) is 0.751. The van der Waals surface area contributed by atoms with Crippen LogP contribution in [0.1, 0.15) is 33.1 Å². The molecule has 1 saturated carbocycles. The van der Waals surface area contributed by atoms with Crippen LogP contribution in [-0.2, 0) is 6.54 Å². The van der Waals surface area contributed by atoms with Crippen LogP contribution in [0.2, 0.25) is 0 Å². The fraction of sp³-hybridized carbons (Fsp3) is 0.368. The van der Waals surface area contributed by atoms with Crippen molar-refractivity contribution in [2.75, 3.05) is 11.1 Å². The summed E-state index contributed by atoms with van der Waals surface area (Å²) >= 11 is 0. The molecule has 26 heavy (non-hydrogen) atoms. The van der Waals surface area contributed by atoms with E-state index >= 15 is 0 Å². The Labute approximate surface area is 151 Å². The van der Waals surface area contributed by atoms with Gasteiger partial charge in [0.2, 0.25) is 5.95 Å². The minimum atomic E-state index is -0.0250. The molecule has 3 heterocycles. The summed E-state index contributed by atoms with van der Waals surface area (Å²) in [4.78, 5) is 25.8. The number of fused-ring (bicyclic) bond motifs is 1. The maximum Gasteiger partial charge on any atom is 0.262 e. The lowest BCUT2D eigenvalue weighted by atomic mass is 9.78. The number of pyridine rings is 2. The number of hydrogen-bond acceptors (Lipinski definition) is 6. The van der Waals surface area contributed by atoms with Gasteiger partial charge in [0.05, 0.1) is 11.1 Å². The van der Waals surface area contributed by atoms with Gasteiger partial charge in [0.1, 0.15) is 5.82 Å². The molecule has 0 radical (unpaired) electrons. The highest BCUT2D eigenvalue weighted by atomic mass is 16.1. The summed E-state index contributed by atoms with van der Waals surface area (Å²) in [5, 5.41) is 5.00. The Morgan fingerprint density at radius 2 is 2.04 bits per heavy atom. The van der Waals surface area contributed by atoms with E-state index in [-0.39, 0.29) is 17.0 Å². The molecule has 0 aliphatic heterocycles. The highest BCUT2D eigenvalue weighted by Crippen LogP contribution is 2.36. The van der Waals surface area contributed by atoms with Gasteiger partial charge in [-0.2, -0.15) is 0 Å². The van der Waals surface area contributed by atoms with Crippen LogP contribution in [0.15, 0.2) is 35.5 Å². The van der Waals surface area contributed by atoms with Crippen LogP contribution in [0.5, 0.6) is 0 Å². The van der Waals surface area contributed by atoms with Gasteiger partial charge >= 0.3 is 0 Å². The number of hydrogen-bond donors (Lipinski definition) is 2. The molecule has 7 heteroatoms. The van der Waals surface area contributed by atoms with Gasteiger partial charge in [0.25, 0.3) is 5.56 Å². The van der Waals surface area contributed by atoms with Crippen LogP contribution in [0, 0.1) is 0 Å². The Hall–Kier alpha value is -2.96. The third-order valence-corrected chi connectivity index (χ3v) is 5.14. The van der Waals surface area contributed by atoms with Gasteiger partial charge < -0.3 is 15.6 Å². The number of nitrogens with zero attached hydrogens (tertiary/aromatic N) is 4. The Bertz CT molecular complexity index is 1020. The Balaban J connectivity index is 1.93. The van der Waals surface area contributed by atoms with Crippen molar-refractivity contribution in [3.05, 3.63) is 41.1 Å². The molecule has 3 aromatic rings. The molecule has 1 fully saturated rings. The fourth-order valence-electron chi connectivity index (χ4n) is 3.38. The standard InChI is InChI=1S/C19H22N6O/c1-3-25-8-5-12-9-14(13-10-21-18(20)22-11-13)23-16(15(12)17(25)26)24-19(2)6-4-7-19/h5,8-11H,3-4,6-7H2,1-2H3,(H,23,24)(H2,20,21,22). The molecule has 1 aliphatic carbocycles. The van der Waals surface area contributed by atoms with Crippen LogP contribution in [-0.4, -0.2) is 25.1 Å². The van der Waals surface area contributed by atoms with Crippen molar-refractivity contribution in [3.8, 4) is 11.3 Å². The monoisotopic (exact) mass is 350 g/mol. The molecule has 4 rings (SSSR count). The lowest BCUT2D eigenvalue weighted by Gasteiger charge is -2.39. The van der Waals surface area contributed by atoms with E-state index in [9.17, 15) is 4.79 Å². The van der Waals surface area contributed by atoms with E-state index in [1.807, 2.05) is 25.3 Å². The first-order valence-electron chi connectivity index (χ1n) is 8.89. The lowest BCUT2D eigenvalue weighted by molar-refractivity contribution is 0.306. The summed E-state index contributed by atoms with van der Waals surface area (Å²) in [5.74, 6) is 0.852. The Morgan fingerprint density at radius 1 is 1.31 bits per heavy atom. The maximum atomic E-state index is 12.9. The molecule has 0 saturated heterocycles. The molecule has 7 nitrogen and oxygen atoms in total. The number of aryl methyl sites for hydroxylation is 1. The van der Waals surface area contributed by atoms with E-state index < -0.39 is 0 Å². The normalized spacial score (nSPS) is 15.6. The van der Waals surface area contributed by atoms with Crippen LogP contribution >= 0.6 is 0 Å². The van der Waals surface area contributed by atoms with E-state index in [0.29, 0.717) is 17.7 Å². The zero-order valence-electron chi connectivity index (χ0n) is 15.0. The minimum absolute atomic E-state index is 0.0184. The Kier molecular flexibility index (Phi) is 3.86. The first-order chi connectivity index (χ1) is 12.5. The van der Waals surface area contributed by atoms with Crippen molar-refractivity contribution in [3.63, 3.8) is 0 Å². The highest BCUT2D eigenvalue weighted by Gasteiger charge is 2.32. The van der Waals surface area contributed by atoms with Crippen molar-refractivity contribution in [1.82, 2.24) is 19.5 Å². The van der Waals surface area contributed by atoms with Crippen molar-refractivity contribution in [2.24, 2.45) is 0 Å². The number of rotatable bonds is 4. The van der Waals surface area contributed by atoms with Gasteiger partial charge in [-0.3, -0.25) is 4.79 Å². The zero-order valence-corrected chi connectivity index (χ0v) is 15.0. The van der Waals surface area contributed by atoms with Gasteiger partial charge in [-0.25, -0.2) is 15.0 Å². The van der Waals surface area contributed by atoms with E-state index in [0.717, 1.165) is 29.5 Å². The lowest BCUT2D eigenvalue weighted by Crippen LogP contribution is -2.42. The summed E-state index contributed by atoms with van der Waals surface area (Å²) in [7, 11) is 0. The summed E-state index contributed by atoms with van der Waals surface area (Å²) < 4.78 is 1.70. The van der Waals surface area contributed by atoms with E-state index in [4.69, 9.17) is 10.7 Å². The predicted octanol–water partition coefficient (Wildman–Crippen LogP) is 2.81. The highest BCUT2D eigenvalue weighted by molar-refractivity contribution is 5.94. The summed E-state index contributed by atoms with van der Waals surface area (Å²) in [5.41, 5.74) is 7.03. The average molecular weight is 350 g/mol. The summed E-state index contributed by atoms with van der Waals surface area (Å²) in [6.07, 6.45) is 8.45. The largest absolute Gasteiger partial charge is 0.368 e. The van der Waals surface area contributed by atoms with Crippen molar-refractivity contribution in [2.45, 2.75) is 45.2 Å². The van der Waals surface area contributed by atoms with E-state index in [1.54, 1.807) is 17.0 Å². The number of nitrogen functional groups attached to an aromatic ring is 1. The van der Waals surface area contributed by atoms with Crippen LogP contribution in [0.3, 0.4) is 0 Å². The number of anilines is 2. The van der Waals surface area contributed by atoms with Gasteiger partial charge in [-0.05, 0) is 50.6 Å². The molecule has 0 bridgehead atoms. The van der Waals surface area contributed by atoms with Gasteiger partial charge in [0, 0.05) is 36.2 Å². The van der Waals surface area contributed by atoms with Crippen molar-refractivity contribution < 1.29 is 0 Å². The van der Waals surface area contributed by atoms with Gasteiger partial charge in [-0.1, -0.05) is 0 Å². The maximum absolute atomic E-state index is 12.9. The molecular formula is C19H22N6O. The third kappa shape index (κ3) is 2.79. The van der Waals surface area contributed by atoms with Crippen LogP contribution in [0.25, 0.3) is 22.0 Å². The SMILES string of the molecule is CCn1ccc2cc(-c3cnc(N)nc3)nc(NC3(C)CCC3)c2c1=O. The molecule has 134 valence electrons. The second kappa shape index (κ2) is 6.09. The van der Waals surface area contributed by atoms with Crippen molar-refractivity contribution in [1.29, 1.82) is 0 Å². The second-order valence-electron chi connectivity index (χ2n) is 7.10. The van der Waals surface area contributed by atoms with E-state index in [2.05, 4.69) is 22.2 Å². The fourth-order valence-corrected chi connectivity index (χ4v) is 3.38. The molecular weight excluding hydrogens is 328 g/mol. The predicted molar refractivity (Wildman–Crippen MR) is 103 cm³/mol. The summed E-state index contributed by atoms with van der Waals surface area (Å²) in [6, 6.07) is 3.86. The number of nitrogens with two attached hydrogens (primary N) is 1. The molecule has 0 spiro atoms. The molecule has 0 atom stereocenters. The van der Waals surface area contributed by atoms with Crippen molar-refractivity contribution >= 4 is 22.5 Å². The first-order valence-corrected chi connectivity index (χ1v) is 8.89. The molecule has 3 N–H and O–H groups in total. The average Bonchev–Trinajstić information content (AvgIpc) is 2.61. The minimum Gasteiger partial charge on any atom is -0.368 e. The molecule has 0 unspecified atom stereocenters. The molecule has 3 aromatic heterocycles. The number of aromatic nitrogens is 4. The first kappa shape index (κ1) is 16.5. The molecule has 0 aromatic carbocycles. The van der Waals surface area contributed by atoms with E-state index in [1.165, 1.54) is 6.42 Å². The van der Waals surface area contributed by atoms with Gasteiger partial charge in [0.15, 0.2) is 0 Å². The van der Waals surface area contributed by atoms with Crippen LogP contribution < -0.4 is 16.6 Å². The molecule has 0 amide bonds. The zero-order chi connectivity index (χ0) is 18.3. The molecule has 1 aliphatic rings.